The van der Waals surface area contributed by atoms with Gasteiger partial charge in [0.25, 0.3) is 17.4 Å². The van der Waals surface area contributed by atoms with Crippen LogP contribution in [0.2, 0.25) is 0 Å². The summed E-state index contributed by atoms with van der Waals surface area (Å²) >= 11 is 1.64. The summed E-state index contributed by atoms with van der Waals surface area (Å²) in [6, 6.07) is 0.146. The van der Waals surface area contributed by atoms with E-state index in [0.29, 0.717) is 31.7 Å². The van der Waals surface area contributed by atoms with E-state index in [2.05, 4.69) is 10.3 Å². The van der Waals surface area contributed by atoms with Gasteiger partial charge in [-0.05, 0) is 43.6 Å². The Morgan fingerprint density at radius 3 is 2.83 bits per heavy atom. The number of pyridine rings is 1. The Labute approximate surface area is 172 Å². The fraction of sp³-hybridized carbons (Fsp3) is 0.500. The first-order chi connectivity index (χ1) is 14.0. The fourth-order valence-corrected chi connectivity index (χ4v) is 4.02. The van der Waals surface area contributed by atoms with Gasteiger partial charge in [-0.1, -0.05) is 0 Å². The van der Waals surface area contributed by atoms with Crippen LogP contribution in [-0.4, -0.2) is 51.4 Å². The zero-order chi connectivity index (χ0) is 20.5. The van der Waals surface area contributed by atoms with Crippen molar-refractivity contribution in [1.29, 1.82) is 0 Å². The maximum absolute atomic E-state index is 13.0. The summed E-state index contributed by atoms with van der Waals surface area (Å²) in [7, 11) is 0. The van der Waals surface area contributed by atoms with Gasteiger partial charge in [0.1, 0.15) is 5.56 Å². The topological polar surface area (TPSA) is 97.4 Å². The van der Waals surface area contributed by atoms with Crippen molar-refractivity contribution in [2.24, 2.45) is 0 Å². The van der Waals surface area contributed by atoms with Crippen molar-refractivity contribution in [3.05, 3.63) is 51.1 Å². The summed E-state index contributed by atoms with van der Waals surface area (Å²) in [5.41, 5.74) is 2.17. The molecule has 1 N–H and O–H groups in total. The van der Waals surface area contributed by atoms with Gasteiger partial charge in [-0.3, -0.25) is 14.4 Å². The first kappa shape index (κ1) is 19.8. The molecule has 1 saturated carbocycles. The van der Waals surface area contributed by atoms with Gasteiger partial charge in [0.2, 0.25) is 5.76 Å². The molecule has 0 radical (unpaired) electrons. The Balaban J connectivity index is 1.67. The zero-order valence-electron chi connectivity index (χ0n) is 16.6. The van der Waals surface area contributed by atoms with Gasteiger partial charge in [-0.2, -0.15) is 11.8 Å². The minimum atomic E-state index is -0.318. The lowest BCUT2D eigenvalue weighted by Gasteiger charge is -2.30. The largest absolute Gasteiger partial charge is 0.438 e. The standard InChI is InChI=1S/C20H24N4O4S/c1-12-17(28-11-22-12)20(27)23-7-5-15-13(9-23)10-24(14-3-4-14)19(26)16(15)18(25)21-6-8-29-2/h10-11,14H,3-9H2,1-2H3,(H,21,25). The van der Waals surface area contributed by atoms with Crippen molar-refractivity contribution in [2.45, 2.75) is 38.8 Å². The average Bonchev–Trinajstić information content (AvgIpc) is 3.47. The predicted octanol–water partition coefficient (Wildman–Crippen LogP) is 1.77. The molecule has 9 heteroatoms. The van der Waals surface area contributed by atoms with Crippen LogP contribution in [0.4, 0.5) is 0 Å². The number of fused-ring (bicyclic) bond motifs is 1. The van der Waals surface area contributed by atoms with Gasteiger partial charge in [0.15, 0.2) is 6.39 Å². The predicted molar refractivity (Wildman–Crippen MR) is 109 cm³/mol. The molecular weight excluding hydrogens is 392 g/mol. The van der Waals surface area contributed by atoms with Crippen LogP contribution in [0.15, 0.2) is 21.8 Å². The first-order valence-electron chi connectivity index (χ1n) is 9.74. The van der Waals surface area contributed by atoms with Gasteiger partial charge >= 0.3 is 0 Å². The van der Waals surface area contributed by atoms with Gasteiger partial charge < -0.3 is 19.2 Å². The van der Waals surface area contributed by atoms with Crippen molar-refractivity contribution in [3.8, 4) is 0 Å². The lowest BCUT2D eigenvalue weighted by molar-refractivity contribution is 0.0700. The summed E-state index contributed by atoms with van der Waals surface area (Å²) in [5.74, 6) is 0.483. The van der Waals surface area contributed by atoms with E-state index < -0.39 is 0 Å². The maximum atomic E-state index is 13.0. The van der Waals surface area contributed by atoms with Gasteiger partial charge in [0.05, 0.1) is 5.69 Å². The highest BCUT2D eigenvalue weighted by Crippen LogP contribution is 2.35. The highest BCUT2D eigenvalue weighted by Gasteiger charge is 2.33. The number of hydrogen-bond acceptors (Lipinski definition) is 6. The van der Waals surface area contributed by atoms with E-state index in [1.54, 1.807) is 28.2 Å². The van der Waals surface area contributed by atoms with E-state index in [-0.39, 0.29) is 34.7 Å². The zero-order valence-corrected chi connectivity index (χ0v) is 17.4. The third-order valence-corrected chi connectivity index (χ3v) is 6.02. The summed E-state index contributed by atoms with van der Waals surface area (Å²) in [5, 5.41) is 2.86. The Morgan fingerprint density at radius 1 is 1.38 bits per heavy atom. The van der Waals surface area contributed by atoms with Crippen LogP contribution < -0.4 is 10.9 Å². The second-order valence-corrected chi connectivity index (χ2v) is 8.43. The number of nitrogens with one attached hydrogen (secondary N) is 1. The number of thioether (sulfide) groups is 1. The first-order valence-corrected chi connectivity index (χ1v) is 11.1. The lowest BCUT2D eigenvalue weighted by atomic mass is 9.95. The summed E-state index contributed by atoms with van der Waals surface area (Å²) in [6.45, 7) is 3.01. The third-order valence-electron chi connectivity index (χ3n) is 5.41. The van der Waals surface area contributed by atoms with E-state index in [4.69, 9.17) is 4.42 Å². The number of carbonyl (C=O) groups is 2. The Morgan fingerprint density at radius 2 is 2.17 bits per heavy atom. The molecule has 2 aliphatic rings. The second kappa shape index (κ2) is 8.06. The van der Waals surface area contributed by atoms with E-state index >= 15 is 0 Å². The molecule has 0 atom stereocenters. The maximum Gasteiger partial charge on any atom is 0.291 e. The summed E-state index contributed by atoms with van der Waals surface area (Å²) < 4.78 is 6.93. The lowest BCUT2D eigenvalue weighted by Crippen LogP contribution is -2.41. The van der Waals surface area contributed by atoms with E-state index in [1.807, 2.05) is 12.5 Å². The number of aromatic nitrogens is 2. The molecule has 29 heavy (non-hydrogen) atoms. The number of nitrogens with zero attached hydrogens (tertiary/aromatic N) is 3. The Kier molecular flexibility index (Phi) is 5.49. The molecule has 0 bridgehead atoms. The Hall–Kier alpha value is -2.55. The minimum absolute atomic E-state index is 0.146. The fourth-order valence-electron chi connectivity index (χ4n) is 3.71. The molecule has 154 valence electrons. The normalized spacial score (nSPS) is 15.9. The summed E-state index contributed by atoms with van der Waals surface area (Å²) in [4.78, 5) is 44.4. The molecule has 0 unspecified atom stereocenters. The number of oxazole rings is 1. The summed E-state index contributed by atoms with van der Waals surface area (Å²) in [6.07, 6.45) is 7.40. The molecule has 3 heterocycles. The molecule has 4 rings (SSSR count). The molecule has 0 spiro atoms. The van der Waals surface area contributed by atoms with Gasteiger partial charge in [0, 0.05) is 37.6 Å². The molecule has 1 aliphatic carbocycles. The monoisotopic (exact) mass is 416 g/mol. The number of amides is 2. The van der Waals surface area contributed by atoms with E-state index in [1.165, 1.54) is 6.39 Å². The molecule has 0 saturated heterocycles. The quantitative estimate of drug-likeness (QED) is 0.721. The van der Waals surface area contributed by atoms with E-state index in [0.717, 1.165) is 29.7 Å². The molecule has 0 aromatic carbocycles. The average molecular weight is 417 g/mol. The van der Waals surface area contributed by atoms with Gasteiger partial charge in [-0.25, -0.2) is 4.98 Å². The number of rotatable bonds is 6. The van der Waals surface area contributed by atoms with Crippen LogP contribution in [0.25, 0.3) is 0 Å². The van der Waals surface area contributed by atoms with Crippen molar-refractivity contribution < 1.29 is 14.0 Å². The van der Waals surface area contributed by atoms with Crippen LogP contribution in [-0.2, 0) is 13.0 Å². The highest BCUT2D eigenvalue weighted by atomic mass is 32.2. The van der Waals surface area contributed by atoms with Crippen molar-refractivity contribution in [1.82, 2.24) is 19.8 Å². The molecular formula is C20H24N4O4S. The number of aryl methyl sites for hydroxylation is 1. The number of carbonyl (C=O) groups excluding carboxylic acids is 2. The van der Waals surface area contributed by atoms with Crippen LogP contribution in [0.5, 0.6) is 0 Å². The van der Waals surface area contributed by atoms with Crippen molar-refractivity contribution in [2.75, 3.05) is 25.1 Å². The highest BCUT2D eigenvalue weighted by molar-refractivity contribution is 7.98. The van der Waals surface area contributed by atoms with Crippen LogP contribution in [0.3, 0.4) is 0 Å². The van der Waals surface area contributed by atoms with Crippen LogP contribution in [0, 0.1) is 6.92 Å². The molecule has 2 amide bonds. The number of hydrogen-bond donors (Lipinski definition) is 1. The SMILES string of the molecule is CSCCNC(=O)c1c2c(cn(C3CC3)c1=O)CN(C(=O)c1ocnc1C)CC2. The molecule has 2 aromatic rings. The van der Waals surface area contributed by atoms with Crippen molar-refractivity contribution in [3.63, 3.8) is 0 Å². The van der Waals surface area contributed by atoms with Gasteiger partial charge in [-0.15, -0.1) is 0 Å². The molecule has 1 fully saturated rings. The molecule has 8 nitrogen and oxygen atoms in total. The molecule has 1 aliphatic heterocycles. The van der Waals surface area contributed by atoms with Crippen LogP contribution >= 0.6 is 11.8 Å². The van der Waals surface area contributed by atoms with Crippen LogP contribution in [0.1, 0.15) is 56.6 Å². The van der Waals surface area contributed by atoms with E-state index in [9.17, 15) is 14.4 Å². The third kappa shape index (κ3) is 3.83. The second-order valence-electron chi connectivity index (χ2n) is 7.44. The smallest absolute Gasteiger partial charge is 0.291 e. The Bertz CT molecular complexity index is 1010. The molecule has 2 aromatic heterocycles. The minimum Gasteiger partial charge on any atom is -0.438 e. The van der Waals surface area contributed by atoms with Crippen molar-refractivity contribution >= 4 is 23.6 Å².